The molecule has 0 saturated carbocycles. The number of hydrogen-bond acceptors (Lipinski definition) is 8. The molecule has 1 aliphatic heterocycles. The van der Waals surface area contributed by atoms with Crippen molar-refractivity contribution < 1.29 is 38.1 Å². The molecule has 0 N–H and O–H groups in total. The van der Waals surface area contributed by atoms with E-state index in [1.54, 1.807) is 62.3 Å². The number of esters is 1. The number of methoxy groups -OCH3 is 1. The Morgan fingerprint density at radius 3 is 1.70 bits per heavy atom. The zero-order chi connectivity index (χ0) is 25.8. The van der Waals surface area contributed by atoms with Crippen molar-refractivity contribution in [3.63, 3.8) is 0 Å². The summed E-state index contributed by atoms with van der Waals surface area (Å²) in [7, 11) is 1.16. The molecule has 0 aromatic rings. The van der Waals surface area contributed by atoms with Gasteiger partial charge in [-0.3, -0.25) is 0 Å². The van der Waals surface area contributed by atoms with E-state index in [1.165, 1.54) is 4.90 Å². The highest BCUT2D eigenvalue weighted by Gasteiger charge is 2.44. The van der Waals surface area contributed by atoms with Crippen LogP contribution in [0.4, 0.5) is 14.4 Å². The van der Waals surface area contributed by atoms with Crippen LogP contribution in [0.2, 0.25) is 0 Å². The number of carbonyl (C=O) groups excluding carboxylic acids is 4. The lowest BCUT2D eigenvalue weighted by atomic mass is 10.0. The standard InChI is InChI=1S/C23H40N2O8/c1-21(2,3)31-18(27)24-13-11-12-15(24)14-16(17(26)30-10)25(19(28)32-22(4,5)6)20(29)33-23(7,8)9/h15-16H,11-14H2,1-10H3. The lowest BCUT2D eigenvalue weighted by Gasteiger charge is -2.35. The third-order valence-electron chi connectivity index (χ3n) is 4.47. The van der Waals surface area contributed by atoms with E-state index in [9.17, 15) is 19.2 Å². The number of rotatable bonds is 4. The molecule has 0 bridgehead atoms. The molecule has 1 heterocycles. The van der Waals surface area contributed by atoms with Gasteiger partial charge in [0.25, 0.3) is 0 Å². The van der Waals surface area contributed by atoms with Crippen molar-refractivity contribution >= 4 is 24.2 Å². The lowest BCUT2D eigenvalue weighted by molar-refractivity contribution is -0.147. The first kappa shape index (κ1) is 28.5. The third-order valence-corrected chi connectivity index (χ3v) is 4.47. The quantitative estimate of drug-likeness (QED) is 0.435. The smallest absolute Gasteiger partial charge is 0.420 e. The second-order valence-corrected chi connectivity index (χ2v) is 11.1. The Balaban J connectivity index is 3.29. The molecule has 10 nitrogen and oxygen atoms in total. The van der Waals surface area contributed by atoms with Gasteiger partial charge in [-0.25, -0.2) is 19.2 Å². The van der Waals surface area contributed by atoms with E-state index in [-0.39, 0.29) is 6.42 Å². The van der Waals surface area contributed by atoms with Crippen LogP contribution in [0.5, 0.6) is 0 Å². The second kappa shape index (κ2) is 10.6. The summed E-state index contributed by atoms with van der Waals surface area (Å²) in [6.45, 7) is 15.6. The van der Waals surface area contributed by atoms with Gasteiger partial charge in [0, 0.05) is 12.6 Å². The van der Waals surface area contributed by atoms with Crippen LogP contribution < -0.4 is 0 Å². The Morgan fingerprint density at radius 2 is 1.30 bits per heavy atom. The van der Waals surface area contributed by atoms with Gasteiger partial charge in [-0.1, -0.05) is 0 Å². The predicted molar refractivity (Wildman–Crippen MR) is 121 cm³/mol. The van der Waals surface area contributed by atoms with Crippen LogP contribution in [-0.2, 0) is 23.7 Å². The maximum atomic E-state index is 13.0. The molecule has 2 atom stereocenters. The maximum Gasteiger partial charge on any atom is 0.420 e. The Kier molecular flexibility index (Phi) is 9.16. The van der Waals surface area contributed by atoms with Crippen LogP contribution in [-0.4, -0.2) is 76.6 Å². The average molecular weight is 473 g/mol. The molecular formula is C23H40N2O8. The maximum absolute atomic E-state index is 13.0. The molecule has 0 aliphatic carbocycles. The normalized spacial score (nSPS) is 17.8. The van der Waals surface area contributed by atoms with Crippen molar-refractivity contribution in [1.29, 1.82) is 0 Å². The zero-order valence-corrected chi connectivity index (χ0v) is 21.6. The minimum Gasteiger partial charge on any atom is -0.467 e. The molecule has 33 heavy (non-hydrogen) atoms. The van der Waals surface area contributed by atoms with Crippen LogP contribution >= 0.6 is 0 Å². The number of nitrogens with zero attached hydrogens (tertiary/aromatic N) is 2. The monoisotopic (exact) mass is 472 g/mol. The van der Waals surface area contributed by atoms with Gasteiger partial charge in [-0.2, -0.15) is 4.90 Å². The van der Waals surface area contributed by atoms with Crippen LogP contribution in [0.3, 0.4) is 0 Å². The van der Waals surface area contributed by atoms with E-state index in [1.807, 2.05) is 0 Å². The fourth-order valence-electron chi connectivity index (χ4n) is 3.29. The number of hydrogen-bond donors (Lipinski definition) is 0. The van der Waals surface area contributed by atoms with E-state index < -0.39 is 53.1 Å². The number of ether oxygens (including phenoxy) is 4. The zero-order valence-electron chi connectivity index (χ0n) is 21.6. The van der Waals surface area contributed by atoms with E-state index in [4.69, 9.17) is 18.9 Å². The Bertz CT molecular complexity index is 702. The van der Waals surface area contributed by atoms with E-state index in [0.717, 1.165) is 7.11 Å². The Labute approximate surface area is 196 Å². The van der Waals surface area contributed by atoms with Gasteiger partial charge in [0.15, 0.2) is 0 Å². The molecule has 0 aromatic carbocycles. The molecule has 0 spiro atoms. The molecule has 0 aromatic heterocycles. The molecule has 3 amide bonds. The second-order valence-electron chi connectivity index (χ2n) is 11.1. The summed E-state index contributed by atoms with van der Waals surface area (Å²) in [5.41, 5.74) is -2.53. The highest BCUT2D eigenvalue weighted by molar-refractivity contribution is 5.94. The topological polar surface area (TPSA) is 112 Å². The average Bonchev–Trinajstić information content (AvgIpc) is 3.04. The Hall–Kier alpha value is -2.52. The minimum atomic E-state index is -1.35. The molecule has 0 radical (unpaired) electrons. The summed E-state index contributed by atoms with van der Waals surface area (Å²) < 4.78 is 21.2. The van der Waals surface area contributed by atoms with Crippen LogP contribution in [0.15, 0.2) is 0 Å². The number of likely N-dealkylation sites (tertiary alicyclic amines) is 1. The molecule has 1 fully saturated rings. The summed E-state index contributed by atoms with van der Waals surface area (Å²) >= 11 is 0. The van der Waals surface area contributed by atoms with Crippen LogP contribution in [0.1, 0.15) is 81.6 Å². The molecule has 1 rings (SSSR count). The highest BCUT2D eigenvalue weighted by Crippen LogP contribution is 2.27. The van der Waals surface area contributed by atoms with Gasteiger partial charge in [-0.15, -0.1) is 0 Å². The summed E-state index contributed by atoms with van der Waals surface area (Å²) in [6.07, 6.45) is -1.36. The highest BCUT2D eigenvalue weighted by atomic mass is 16.6. The van der Waals surface area contributed by atoms with Crippen LogP contribution in [0, 0.1) is 0 Å². The fourth-order valence-corrected chi connectivity index (χ4v) is 3.29. The molecule has 190 valence electrons. The SMILES string of the molecule is COC(=O)C(CC1CCCN1C(=O)OC(C)(C)C)N(C(=O)OC(C)(C)C)C(=O)OC(C)(C)C. The number of carbonyl (C=O) groups is 4. The van der Waals surface area contributed by atoms with E-state index >= 15 is 0 Å². The van der Waals surface area contributed by atoms with Crippen molar-refractivity contribution in [3.05, 3.63) is 0 Å². The van der Waals surface area contributed by atoms with Gasteiger partial charge in [0.05, 0.1) is 7.11 Å². The molecule has 10 heteroatoms. The largest absolute Gasteiger partial charge is 0.467 e. The van der Waals surface area contributed by atoms with Gasteiger partial charge in [-0.05, 0) is 81.6 Å². The van der Waals surface area contributed by atoms with E-state index in [0.29, 0.717) is 24.3 Å². The van der Waals surface area contributed by atoms with Gasteiger partial charge < -0.3 is 23.8 Å². The summed E-state index contributed by atoms with van der Waals surface area (Å²) in [5, 5.41) is 0. The first-order valence-corrected chi connectivity index (χ1v) is 11.2. The first-order chi connectivity index (χ1) is 14.8. The number of amides is 3. The lowest BCUT2D eigenvalue weighted by Crippen LogP contribution is -2.54. The molecule has 1 saturated heterocycles. The van der Waals surface area contributed by atoms with E-state index in [2.05, 4.69) is 0 Å². The van der Waals surface area contributed by atoms with Crippen molar-refractivity contribution in [1.82, 2.24) is 9.80 Å². The predicted octanol–water partition coefficient (Wildman–Crippen LogP) is 4.49. The summed E-state index contributed by atoms with van der Waals surface area (Å²) in [5.74, 6) is -0.817. The molecule has 1 aliphatic rings. The molecular weight excluding hydrogens is 432 g/mol. The van der Waals surface area contributed by atoms with Crippen molar-refractivity contribution in [2.45, 2.75) is 110 Å². The van der Waals surface area contributed by atoms with Crippen molar-refractivity contribution in [2.24, 2.45) is 0 Å². The van der Waals surface area contributed by atoms with Crippen molar-refractivity contribution in [3.8, 4) is 0 Å². The van der Waals surface area contributed by atoms with Crippen LogP contribution in [0.25, 0.3) is 0 Å². The minimum absolute atomic E-state index is 0.0373. The number of imide groups is 1. The fraction of sp³-hybridized carbons (Fsp3) is 0.826. The van der Waals surface area contributed by atoms with Gasteiger partial charge >= 0.3 is 24.2 Å². The third kappa shape index (κ3) is 9.47. The summed E-state index contributed by atoms with van der Waals surface area (Å²) in [6, 6.07) is -1.80. The summed E-state index contributed by atoms with van der Waals surface area (Å²) in [4.78, 5) is 53.7. The first-order valence-electron chi connectivity index (χ1n) is 11.2. The van der Waals surface area contributed by atoms with Gasteiger partial charge in [0.2, 0.25) is 0 Å². The molecule has 2 unspecified atom stereocenters. The van der Waals surface area contributed by atoms with Gasteiger partial charge in [0.1, 0.15) is 22.8 Å². The Morgan fingerprint density at radius 1 is 0.848 bits per heavy atom. The van der Waals surface area contributed by atoms with Crippen molar-refractivity contribution in [2.75, 3.05) is 13.7 Å².